The van der Waals surface area contributed by atoms with E-state index in [-0.39, 0.29) is 30.2 Å². The highest BCUT2D eigenvalue weighted by atomic mass is 16.2. The molecule has 6 heteroatoms. The Morgan fingerprint density at radius 2 is 1.75 bits per heavy atom. The number of hydrogen-bond acceptors (Lipinski definition) is 3. The van der Waals surface area contributed by atoms with Gasteiger partial charge in [0.2, 0.25) is 11.8 Å². The van der Waals surface area contributed by atoms with Crippen molar-refractivity contribution in [2.75, 3.05) is 6.54 Å². The molecule has 1 aromatic heterocycles. The van der Waals surface area contributed by atoms with E-state index in [0.717, 1.165) is 22.5 Å². The summed E-state index contributed by atoms with van der Waals surface area (Å²) in [6.07, 6.45) is 0.258. The molecule has 0 aliphatic carbocycles. The van der Waals surface area contributed by atoms with Crippen molar-refractivity contribution in [1.82, 2.24) is 20.0 Å². The Kier molecular flexibility index (Phi) is 6.40. The number of nitrogens with one attached hydrogen (secondary N) is 1. The number of aromatic nitrogens is 2. The van der Waals surface area contributed by atoms with Crippen LogP contribution in [-0.2, 0) is 22.7 Å². The van der Waals surface area contributed by atoms with E-state index >= 15 is 0 Å². The Morgan fingerprint density at radius 3 is 2.44 bits per heavy atom. The summed E-state index contributed by atoms with van der Waals surface area (Å²) in [4.78, 5) is 27.3. The van der Waals surface area contributed by atoms with Gasteiger partial charge in [0.1, 0.15) is 0 Å². The average Bonchev–Trinajstić information content (AvgIpc) is 3.32. The van der Waals surface area contributed by atoms with Gasteiger partial charge in [-0.25, -0.2) is 0 Å². The maximum Gasteiger partial charge on any atom is 0.225 e. The Morgan fingerprint density at radius 1 is 1.09 bits per heavy atom. The van der Waals surface area contributed by atoms with E-state index in [0.29, 0.717) is 19.6 Å². The van der Waals surface area contributed by atoms with Crippen LogP contribution in [-0.4, -0.2) is 33.0 Å². The molecule has 166 valence electrons. The quantitative estimate of drug-likeness (QED) is 0.620. The van der Waals surface area contributed by atoms with E-state index < -0.39 is 0 Å². The number of aryl methyl sites for hydroxylation is 1. The molecular weight excluding hydrogens is 400 g/mol. The molecule has 0 spiro atoms. The summed E-state index contributed by atoms with van der Waals surface area (Å²) in [6, 6.07) is 20.1. The van der Waals surface area contributed by atoms with Crippen molar-refractivity contribution in [1.29, 1.82) is 0 Å². The number of nitrogens with zero attached hydrogens (tertiary/aromatic N) is 3. The number of carbonyl (C=O) groups is 2. The fourth-order valence-electron chi connectivity index (χ4n) is 4.41. The van der Waals surface area contributed by atoms with Crippen LogP contribution < -0.4 is 5.32 Å². The number of likely N-dealkylation sites (tertiary alicyclic amines) is 1. The Labute approximate surface area is 189 Å². The van der Waals surface area contributed by atoms with Crippen molar-refractivity contribution in [2.24, 2.45) is 5.92 Å². The van der Waals surface area contributed by atoms with Crippen LogP contribution in [0, 0.1) is 19.8 Å². The first kappa shape index (κ1) is 21.8. The molecule has 1 saturated heterocycles. The molecule has 1 aliphatic rings. The summed E-state index contributed by atoms with van der Waals surface area (Å²) in [5.74, 6) is -0.367. The first-order valence-electron chi connectivity index (χ1n) is 11.1. The Hall–Kier alpha value is -3.41. The van der Waals surface area contributed by atoms with Gasteiger partial charge < -0.3 is 10.2 Å². The number of carbonyl (C=O) groups excluding carboxylic acids is 2. The maximum absolute atomic E-state index is 12.9. The van der Waals surface area contributed by atoms with Crippen molar-refractivity contribution >= 4 is 11.8 Å². The molecule has 0 unspecified atom stereocenters. The summed E-state index contributed by atoms with van der Waals surface area (Å²) in [5, 5.41) is 7.71. The molecule has 2 aromatic carbocycles. The Balaban J connectivity index is 1.37. The van der Waals surface area contributed by atoms with Gasteiger partial charge in [0, 0.05) is 30.8 Å². The van der Waals surface area contributed by atoms with Crippen LogP contribution in [0.4, 0.5) is 0 Å². The lowest BCUT2D eigenvalue weighted by atomic mass is 10.1. The van der Waals surface area contributed by atoms with Gasteiger partial charge in [-0.15, -0.1) is 0 Å². The monoisotopic (exact) mass is 430 g/mol. The van der Waals surface area contributed by atoms with Crippen LogP contribution in [0.25, 0.3) is 0 Å². The van der Waals surface area contributed by atoms with Gasteiger partial charge in [-0.3, -0.25) is 14.3 Å². The van der Waals surface area contributed by atoms with Crippen LogP contribution in [0.2, 0.25) is 0 Å². The molecule has 32 heavy (non-hydrogen) atoms. The van der Waals surface area contributed by atoms with Crippen LogP contribution in [0.5, 0.6) is 0 Å². The first-order chi connectivity index (χ1) is 15.4. The van der Waals surface area contributed by atoms with E-state index in [1.807, 2.05) is 78.9 Å². The highest BCUT2D eigenvalue weighted by molar-refractivity contribution is 5.89. The van der Waals surface area contributed by atoms with Gasteiger partial charge in [-0.2, -0.15) is 5.10 Å². The zero-order valence-electron chi connectivity index (χ0n) is 18.9. The minimum absolute atomic E-state index is 0.0320. The van der Waals surface area contributed by atoms with Crippen molar-refractivity contribution in [3.63, 3.8) is 0 Å². The van der Waals surface area contributed by atoms with Crippen LogP contribution in [0.15, 0.2) is 60.7 Å². The zero-order valence-corrected chi connectivity index (χ0v) is 18.9. The lowest BCUT2D eigenvalue weighted by Crippen LogP contribution is -2.33. The number of amides is 2. The highest BCUT2D eigenvalue weighted by Crippen LogP contribution is 2.28. The summed E-state index contributed by atoms with van der Waals surface area (Å²) in [7, 11) is 0. The summed E-state index contributed by atoms with van der Waals surface area (Å²) in [5.41, 5.74) is 5.27. The largest absolute Gasteiger partial charge is 0.352 e. The first-order valence-corrected chi connectivity index (χ1v) is 11.1. The molecule has 2 atom stereocenters. The Bertz CT molecular complexity index is 1090. The lowest BCUT2D eigenvalue weighted by molar-refractivity contribution is -0.130. The molecule has 0 bridgehead atoms. The topological polar surface area (TPSA) is 67.2 Å². The standard InChI is InChI=1S/C26H30N4O2/c1-18-24(20(3)30(28-18)16-21-10-6-4-7-11-21)15-27-26(32)23-14-25(31)29(17-23)19(2)22-12-8-5-9-13-22/h4-13,19,23H,14-17H2,1-3H3,(H,27,32)/t19-,23+/m0/s1. The molecular formula is C26H30N4O2. The normalized spacial score (nSPS) is 16.9. The second kappa shape index (κ2) is 9.39. The highest BCUT2D eigenvalue weighted by Gasteiger charge is 2.37. The second-order valence-corrected chi connectivity index (χ2v) is 8.54. The molecule has 6 nitrogen and oxygen atoms in total. The maximum atomic E-state index is 12.9. The summed E-state index contributed by atoms with van der Waals surface area (Å²) < 4.78 is 1.98. The van der Waals surface area contributed by atoms with Gasteiger partial charge in [0.15, 0.2) is 0 Å². The van der Waals surface area contributed by atoms with Gasteiger partial charge in [0.05, 0.1) is 24.2 Å². The van der Waals surface area contributed by atoms with Gasteiger partial charge >= 0.3 is 0 Å². The molecule has 1 N–H and O–H groups in total. The van der Waals surface area contributed by atoms with E-state index in [1.54, 1.807) is 0 Å². The van der Waals surface area contributed by atoms with E-state index in [1.165, 1.54) is 5.56 Å². The molecule has 1 fully saturated rings. The molecule has 0 saturated carbocycles. The van der Waals surface area contributed by atoms with Crippen molar-refractivity contribution < 1.29 is 9.59 Å². The minimum Gasteiger partial charge on any atom is -0.352 e. The molecule has 2 amide bonds. The predicted octanol–water partition coefficient (Wildman–Crippen LogP) is 3.77. The third-order valence-electron chi connectivity index (χ3n) is 6.42. The third-order valence-corrected chi connectivity index (χ3v) is 6.42. The van der Waals surface area contributed by atoms with Gasteiger partial charge in [-0.1, -0.05) is 60.7 Å². The van der Waals surface area contributed by atoms with Crippen molar-refractivity contribution in [3.05, 3.63) is 88.7 Å². The van der Waals surface area contributed by atoms with Crippen LogP contribution >= 0.6 is 0 Å². The molecule has 1 aliphatic heterocycles. The van der Waals surface area contributed by atoms with Crippen LogP contribution in [0.1, 0.15) is 47.5 Å². The molecule has 2 heterocycles. The van der Waals surface area contributed by atoms with Crippen LogP contribution in [0.3, 0.4) is 0 Å². The fraction of sp³-hybridized carbons (Fsp3) is 0.346. The molecule has 3 aromatic rings. The molecule has 0 radical (unpaired) electrons. The minimum atomic E-state index is -0.325. The number of rotatable bonds is 7. The van der Waals surface area contributed by atoms with Crippen molar-refractivity contribution in [3.8, 4) is 0 Å². The van der Waals surface area contributed by atoms with E-state index in [4.69, 9.17) is 0 Å². The van der Waals surface area contributed by atoms with E-state index in [9.17, 15) is 9.59 Å². The number of hydrogen-bond donors (Lipinski definition) is 1. The predicted molar refractivity (Wildman–Crippen MR) is 124 cm³/mol. The average molecular weight is 431 g/mol. The SMILES string of the molecule is Cc1nn(Cc2ccccc2)c(C)c1CNC(=O)[C@@H]1CC(=O)N([C@@H](C)c2ccccc2)C1. The van der Waals surface area contributed by atoms with Gasteiger partial charge in [0.25, 0.3) is 0 Å². The lowest BCUT2D eigenvalue weighted by Gasteiger charge is -2.25. The van der Waals surface area contributed by atoms with E-state index in [2.05, 4.69) is 22.5 Å². The smallest absolute Gasteiger partial charge is 0.225 e. The van der Waals surface area contributed by atoms with Crippen molar-refractivity contribution in [2.45, 2.75) is 46.3 Å². The van der Waals surface area contributed by atoms with Gasteiger partial charge in [-0.05, 0) is 31.9 Å². The summed E-state index contributed by atoms with van der Waals surface area (Å²) in [6.45, 7) is 7.59. The zero-order chi connectivity index (χ0) is 22.7. The second-order valence-electron chi connectivity index (χ2n) is 8.54. The fourth-order valence-corrected chi connectivity index (χ4v) is 4.41. The summed E-state index contributed by atoms with van der Waals surface area (Å²) >= 11 is 0. The third kappa shape index (κ3) is 4.59. The molecule has 4 rings (SSSR count). The number of benzene rings is 2.